The average Bonchev–Trinajstić information content (AvgIpc) is 2.78. The van der Waals surface area contributed by atoms with Gasteiger partial charge in [-0.2, -0.15) is 0 Å². The third-order valence-corrected chi connectivity index (χ3v) is 4.34. The number of carbonyl (C=O) groups excluding carboxylic acids is 2. The third kappa shape index (κ3) is 3.12. The van der Waals surface area contributed by atoms with Gasteiger partial charge in [0.15, 0.2) is 0 Å². The van der Waals surface area contributed by atoms with Gasteiger partial charge in [0.05, 0.1) is 11.4 Å². The van der Waals surface area contributed by atoms with Crippen LogP contribution in [-0.4, -0.2) is 16.0 Å². The normalized spacial score (nSPS) is 16.6. The van der Waals surface area contributed by atoms with Gasteiger partial charge in [-0.15, -0.1) is 0 Å². The molecule has 1 aliphatic heterocycles. The molecule has 110 valence electrons. The Morgan fingerprint density at radius 3 is 2.36 bits per heavy atom. The van der Waals surface area contributed by atoms with Crippen molar-refractivity contribution < 1.29 is 9.59 Å². The van der Waals surface area contributed by atoms with Crippen LogP contribution < -0.4 is 0 Å². The highest BCUT2D eigenvalue weighted by molar-refractivity contribution is 8.18. The molecule has 0 unspecified atom stereocenters. The van der Waals surface area contributed by atoms with Crippen LogP contribution >= 0.6 is 11.8 Å². The Morgan fingerprint density at radius 1 is 1.00 bits per heavy atom. The van der Waals surface area contributed by atoms with E-state index in [9.17, 15) is 9.59 Å². The molecule has 0 atom stereocenters. The van der Waals surface area contributed by atoms with E-state index in [4.69, 9.17) is 0 Å². The number of aryl methyl sites for hydroxylation is 1. The number of rotatable bonds is 3. The molecule has 0 saturated carbocycles. The molecule has 2 aromatic carbocycles. The van der Waals surface area contributed by atoms with E-state index in [0.717, 1.165) is 28.5 Å². The molecular weight excluding hydrogens is 294 g/mol. The van der Waals surface area contributed by atoms with Crippen molar-refractivity contribution in [1.82, 2.24) is 4.90 Å². The van der Waals surface area contributed by atoms with Gasteiger partial charge in [0.2, 0.25) is 0 Å². The number of amides is 2. The number of thioether (sulfide) groups is 1. The van der Waals surface area contributed by atoms with Crippen LogP contribution in [0.2, 0.25) is 0 Å². The van der Waals surface area contributed by atoms with Crippen molar-refractivity contribution in [2.45, 2.75) is 13.5 Å². The molecule has 22 heavy (non-hydrogen) atoms. The molecule has 3 rings (SSSR count). The van der Waals surface area contributed by atoms with E-state index in [1.807, 2.05) is 61.5 Å². The van der Waals surface area contributed by atoms with Gasteiger partial charge in [0, 0.05) is 0 Å². The Morgan fingerprint density at radius 2 is 1.68 bits per heavy atom. The molecule has 2 aromatic rings. The van der Waals surface area contributed by atoms with Crippen LogP contribution in [0.3, 0.4) is 0 Å². The first-order chi connectivity index (χ1) is 10.6. The van der Waals surface area contributed by atoms with Gasteiger partial charge < -0.3 is 0 Å². The van der Waals surface area contributed by atoms with Crippen molar-refractivity contribution in [3.05, 3.63) is 76.2 Å². The number of hydrogen-bond acceptors (Lipinski definition) is 3. The Bertz CT molecular complexity index is 735. The maximum atomic E-state index is 12.4. The number of benzene rings is 2. The second-order valence-electron chi connectivity index (χ2n) is 5.16. The topological polar surface area (TPSA) is 37.4 Å². The van der Waals surface area contributed by atoms with E-state index in [0.29, 0.717) is 11.4 Å². The monoisotopic (exact) mass is 309 g/mol. The first kappa shape index (κ1) is 14.6. The van der Waals surface area contributed by atoms with Crippen LogP contribution in [0.4, 0.5) is 4.79 Å². The van der Waals surface area contributed by atoms with E-state index in [1.54, 1.807) is 6.08 Å². The summed E-state index contributed by atoms with van der Waals surface area (Å²) >= 11 is 0.999. The SMILES string of the molecule is Cc1ccc(/C=C2/SC(=O)N(Cc3ccccc3)C2=O)cc1. The second kappa shape index (κ2) is 6.20. The maximum absolute atomic E-state index is 12.4. The Labute approximate surface area is 133 Å². The number of nitrogens with zero attached hydrogens (tertiary/aromatic N) is 1. The van der Waals surface area contributed by atoms with Crippen molar-refractivity contribution >= 4 is 29.0 Å². The van der Waals surface area contributed by atoms with Gasteiger partial charge in [-0.1, -0.05) is 60.2 Å². The summed E-state index contributed by atoms with van der Waals surface area (Å²) in [5.41, 5.74) is 3.03. The van der Waals surface area contributed by atoms with Crippen molar-refractivity contribution in [3.8, 4) is 0 Å². The molecule has 0 aliphatic carbocycles. The summed E-state index contributed by atoms with van der Waals surface area (Å²) in [4.78, 5) is 26.2. The molecule has 0 N–H and O–H groups in total. The highest BCUT2D eigenvalue weighted by Gasteiger charge is 2.34. The molecule has 1 heterocycles. The predicted octanol–water partition coefficient (Wildman–Crippen LogP) is 4.23. The molecule has 4 heteroatoms. The zero-order valence-corrected chi connectivity index (χ0v) is 13.0. The zero-order chi connectivity index (χ0) is 15.5. The van der Waals surface area contributed by atoms with Crippen LogP contribution in [0.15, 0.2) is 59.5 Å². The summed E-state index contributed by atoms with van der Waals surface area (Å²) in [5.74, 6) is -0.223. The van der Waals surface area contributed by atoms with Crippen LogP contribution in [0.25, 0.3) is 6.08 Å². The first-order valence-corrected chi connectivity index (χ1v) is 7.81. The minimum absolute atomic E-state index is 0.216. The Hall–Kier alpha value is -2.33. The van der Waals surface area contributed by atoms with Crippen molar-refractivity contribution in [3.63, 3.8) is 0 Å². The standard InChI is InChI=1S/C18H15NO2S/c1-13-7-9-14(10-8-13)11-16-17(20)19(18(21)22-16)12-15-5-3-2-4-6-15/h2-11H,12H2,1H3/b16-11+. The van der Waals surface area contributed by atoms with E-state index >= 15 is 0 Å². The quantitative estimate of drug-likeness (QED) is 0.796. The number of hydrogen-bond donors (Lipinski definition) is 0. The molecular formula is C18H15NO2S. The molecule has 0 spiro atoms. The lowest BCUT2D eigenvalue weighted by Gasteiger charge is -2.12. The Balaban J connectivity index is 1.80. The molecule has 1 aliphatic rings. The van der Waals surface area contributed by atoms with E-state index < -0.39 is 0 Å². The fraction of sp³-hybridized carbons (Fsp3) is 0.111. The summed E-state index contributed by atoms with van der Waals surface area (Å²) < 4.78 is 0. The highest BCUT2D eigenvalue weighted by atomic mass is 32.2. The minimum atomic E-state index is -0.223. The van der Waals surface area contributed by atoms with Crippen LogP contribution in [0, 0.1) is 6.92 Å². The fourth-order valence-electron chi connectivity index (χ4n) is 2.22. The summed E-state index contributed by atoms with van der Waals surface area (Å²) in [6, 6.07) is 17.4. The van der Waals surface area contributed by atoms with E-state index in [2.05, 4.69) is 0 Å². The smallest absolute Gasteiger partial charge is 0.268 e. The lowest BCUT2D eigenvalue weighted by Crippen LogP contribution is -2.27. The summed E-state index contributed by atoms with van der Waals surface area (Å²) in [7, 11) is 0. The lowest BCUT2D eigenvalue weighted by atomic mass is 10.1. The molecule has 1 saturated heterocycles. The van der Waals surface area contributed by atoms with Crippen molar-refractivity contribution in [2.75, 3.05) is 0 Å². The second-order valence-corrected chi connectivity index (χ2v) is 6.16. The number of imide groups is 1. The highest BCUT2D eigenvalue weighted by Crippen LogP contribution is 2.33. The maximum Gasteiger partial charge on any atom is 0.293 e. The van der Waals surface area contributed by atoms with Gasteiger partial charge in [0.1, 0.15) is 0 Å². The molecule has 2 amide bonds. The molecule has 1 fully saturated rings. The largest absolute Gasteiger partial charge is 0.293 e. The molecule has 0 radical (unpaired) electrons. The third-order valence-electron chi connectivity index (χ3n) is 3.43. The number of carbonyl (C=O) groups is 2. The van der Waals surface area contributed by atoms with E-state index in [1.165, 1.54) is 4.90 Å². The van der Waals surface area contributed by atoms with Gasteiger partial charge in [-0.05, 0) is 35.9 Å². The van der Waals surface area contributed by atoms with Gasteiger partial charge in [0.25, 0.3) is 11.1 Å². The van der Waals surface area contributed by atoms with Crippen molar-refractivity contribution in [2.24, 2.45) is 0 Å². The first-order valence-electron chi connectivity index (χ1n) is 6.99. The van der Waals surface area contributed by atoms with E-state index in [-0.39, 0.29) is 11.1 Å². The van der Waals surface area contributed by atoms with Crippen LogP contribution in [-0.2, 0) is 11.3 Å². The molecule has 0 aromatic heterocycles. The van der Waals surface area contributed by atoms with Crippen LogP contribution in [0.1, 0.15) is 16.7 Å². The average molecular weight is 309 g/mol. The van der Waals surface area contributed by atoms with Gasteiger partial charge in [-0.3, -0.25) is 14.5 Å². The molecule has 3 nitrogen and oxygen atoms in total. The van der Waals surface area contributed by atoms with Crippen molar-refractivity contribution in [1.29, 1.82) is 0 Å². The predicted molar refractivity (Wildman–Crippen MR) is 89.1 cm³/mol. The zero-order valence-electron chi connectivity index (χ0n) is 12.2. The molecule has 0 bridgehead atoms. The minimum Gasteiger partial charge on any atom is -0.268 e. The lowest BCUT2D eigenvalue weighted by molar-refractivity contribution is -0.123. The van der Waals surface area contributed by atoms with Crippen LogP contribution in [0.5, 0.6) is 0 Å². The summed E-state index contributed by atoms with van der Waals surface area (Å²) in [5, 5.41) is -0.216. The Kier molecular flexibility index (Phi) is 4.11. The fourth-order valence-corrected chi connectivity index (χ4v) is 3.05. The van der Waals surface area contributed by atoms with Gasteiger partial charge >= 0.3 is 0 Å². The van der Waals surface area contributed by atoms with Gasteiger partial charge in [-0.25, -0.2) is 0 Å². The summed E-state index contributed by atoms with van der Waals surface area (Å²) in [6.45, 7) is 2.33. The summed E-state index contributed by atoms with van der Waals surface area (Å²) in [6.07, 6.45) is 1.77.